The standard InChI is InChI=1S/C10H13N3/c1-7-4-3-5-13-9(7)6-12-10(13)8(2)11/h3-6,8H,11H2,1-2H3/t8-/m0/s1. The van der Waals surface area contributed by atoms with Crippen molar-refractivity contribution in [3.05, 3.63) is 35.9 Å². The molecule has 0 bridgehead atoms. The zero-order valence-electron chi connectivity index (χ0n) is 7.86. The highest BCUT2D eigenvalue weighted by molar-refractivity contribution is 5.53. The molecule has 3 nitrogen and oxygen atoms in total. The lowest BCUT2D eigenvalue weighted by Crippen LogP contribution is -2.09. The van der Waals surface area contributed by atoms with E-state index in [1.165, 1.54) is 5.56 Å². The molecule has 0 unspecified atom stereocenters. The summed E-state index contributed by atoms with van der Waals surface area (Å²) in [6.07, 6.45) is 3.86. The summed E-state index contributed by atoms with van der Waals surface area (Å²) in [5.41, 5.74) is 8.15. The summed E-state index contributed by atoms with van der Waals surface area (Å²) >= 11 is 0. The first kappa shape index (κ1) is 8.26. The lowest BCUT2D eigenvalue weighted by molar-refractivity contribution is 0.735. The minimum Gasteiger partial charge on any atom is -0.322 e. The molecular formula is C10H13N3. The van der Waals surface area contributed by atoms with Crippen LogP contribution in [0.5, 0.6) is 0 Å². The quantitative estimate of drug-likeness (QED) is 0.716. The predicted molar refractivity (Wildman–Crippen MR) is 52.5 cm³/mol. The van der Waals surface area contributed by atoms with Gasteiger partial charge in [-0.2, -0.15) is 0 Å². The predicted octanol–water partition coefficient (Wildman–Crippen LogP) is 1.66. The molecule has 0 aliphatic rings. The van der Waals surface area contributed by atoms with Crippen molar-refractivity contribution in [2.45, 2.75) is 19.9 Å². The van der Waals surface area contributed by atoms with E-state index in [4.69, 9.17) is 5.73 Å². The largest absolute Gasteiger partial charge is 0.322 e. The van der Waals surface area contributed by atoms with Crippen LogP contribution in [0.3, 0.4) is 0 Å². The summed E-state index contributed by atoms with van der Waals surface area (Å²) in [7, 11) is 0. The van der Waals surface area contributed by atoms with Gasteiger partial charge in [0.15, 0.2) is 0 Å². The van der Waals surface area contributed by atoms with Crippen LogP contribution in [-0.4, -0.2) is 9.38 Å². The molecule has 0 aliphatic heterocycles. The van der Waals surface area contributed by atoms with E-state index in [-0.39, 0.29) is 6.04 Å². The fourth-order valence-electron chi connectivity index (χ4n) is 1.52. The smallest absolute Gasteiger partial charge is 0.129 e. The highest BCUT2D eigenvalue weighted by atomic mass is 15.0. The van der Waals surface area contributed by atoms with Crippen LogP contribution < -0.4 is 5.73 Å². The van der Waals surface area contributed by atoms with Crippen LogP contribution in [-0.2, 0) is 0 Å². The average molecular weight is 175 g/mol. The van der Waals surface area contributed by atoms with Crippen LogP contribution in [0.15, 0.2) is 24.5 Å². The van der Waals surface area contributed by atoms with Gasteiger partial charge in [0.05, 0.1) is 17.8 Å². The summed E-state index contributed by atoms with van der Waals surface area (Å²) in [6, 6.07) is 4.06. The Morgan fingerprint density at radius 1 is 1.54 bits per heavy atom. The second-order valence-electron chi connectivity index (χ2n) is 3.35. The van der Waals surface area contributed by atoms with E-state index in [1.807, 2.05) is 29.8 Å². The fraction of sp³-hybridized carbons (Fsp3) is 0.300. The van der Waals surface area contributed by atoms with Gasteiger partial charge in [0.2, 0.25) is 0 Å². The van der Waals surface area contributed by atoms with Crippen molar-refractivity contribution >= 4 is 5.52 Å². The summed E-state index contributed by atoms with van der Waals surface area (Å²) in [5.74, 6) is 0.915. The zero-order valence-corrected chi connectivity index (χ0v) is 7.86. The van der Waals surface area contributed by atoms with Crippen molar-refractivity contribution in [3.8, 4) is 0 Å². The first-order chi connectivity index (χ1) is 6.20. The Bertz CT molecular complexity index is 429. The summed E-state index contributed by atoms with van der Waals surface area (Å²) in [6.45, 7) is 4.01. The van der Waals surface area contributed by atoms with Gasteiger partial charge in [-0.05, 0) is 25.5 Å². The van der Waals surface area contributed by atoms with Crippen LogP contribution in [0.4, 0.5) is 0 Å². The lowest BCUT2D eigenvalue weighted by atomic mass is 10.2. The summed E-state index contributed by atoms with van der Waals surface area (Å²) < 4.78 is 2.04. The Kier molecular flexibility index (Phi) is 1.81. The maximum Gasteiger partial charge on any atom is 0.129 e. The number of aromatic nitrogens is 2. The Morgan fingerprint density at radius 3 is 3.00 bits per heavy atom. The van der Waals surface area contributed by atoms with Crippen LogP contribution in [0.2, 0.25) is 0 Å². The molecule has 2 N–H and O–H groups in total. The van der Waals surface area contributed by atoms with Crippen molar-refractivity contribution in [2.24, 2.45) is 5.73 Å². The molecule has 3 heteroatoms. The minimum absolute atomic E-state index is 0.0238. The first-order valence-corrected chi connectivity index (χ1v) is 4.38. The highest BCUT2D eigenvalue weighted by Gasteiger charge is 2.07. The van der Waals surface area contributed by atoms with Crippen molar-refractivity contribution in [2.75, 3.05) is 0 Å². The summed E-state index contributed by atoms with van der Waals surface area (Å²) in [5, 5.41) is 0. The van der Waals surface area contributed by atoms with E-state index in [1.54, 1.807) is 0 Å². The normalized spacial score (nSPS) is 13.5. The number of imidazole rings is 1. The van der Waals surface area contributed by atoms with Crippen LogP contribution >= 0.6 is 0 Å². The molecule has 0 radical (unpaired) electrons. The Morgan fingerprint density at radius 2 is 2.31 bits per heavy atom. The molecule has 2 heterocycles. The molecule has 0 amide bonds. The molecular weight excluding hydrogens is 162 g/mol. The van der Waals surface area contributed by atoms with Gasteiger partial charge in [-0.25, -0.2) is 4.98 Å². The second kappa shape index (κ2) is 2.85. The van der Waals surface area contributed by atoms with Gasteiger partial charge < -0.3 is 10.1 Å². The van der Waals surface area contributed by atoms with Crippen LogP contribution in [0, 0.1) is 6.92 Å². The van der Waals surface area contributed by atoms with Gasteiger partial charge in [-0.1, -0.05) is 6.07 Å². The Balaban J connectivity index is 2.75. The zero-order chi connectivity index (χ0) is 9.42. The maximum atomic E-state index is 5.79. The van der Waals surface area contributed by atoms with E-state index in [0.717, 1.165) is 11.3 Å². The van der Waals surface area contributed by atoms with Gasteiger partial charge in [-0.15, -0.1) is 0 Å². The number of pyridine rings is 1. The van der Waals surface area contributed by atoms with Crippen LogP contribution in [0.25, 0.3) is 5.52 Å². The van der Waals surface area contributed by atoms with Gasteiger partial charge in [0.25, 0.3) is 0 Å². The van der Waals surface area contributed by atoms with Crippen molar-refractivity contribution < 1.29 is 0 Å². The molecule has 68 valence electrons. The molecule has 0 spiro atoms. The van der Waals surface area contributed by atoms with Crippen molar-refractivity contribution in [1.29, 1.82) is 0 Å². The van der Waals surface area contributed by atoms with Gasteiger partial charge in [0, 0.05) is 6.20 Å². The number of nitrogens with zero attached hydrogens (tertiary/aromatic N) is 2. The average Bonchev–Trinajstić information content (AvgIpc) is 2.48. The molecule has 13 heavy (non-hydrogen) atoms. The number of nitrogens with two attached hydrogens (primary N) is 1. The number of hydrogen-bond acceptors (Lipinski definition) is 2. The third kappa shape index (κ3) is 1.21. The molecule has 0 fully saturated rings. The van der Waals surface area contributed by atoms with Crippen molar-refractivity contribution in [3.63, 3.8) is 0 Å². The second-order valence-corrected chi connectivity index (χ2v) is 3.35. The van der Waals surface area contributed by atoms with Gasteiger partial charge >= 0.3 is 0 Å². The number of hydrogen-bond donors (Lipinski definition) is 1. The SMILES string of the molecule is Cc1cccn2c([C@H](C)N)ncc12. The molecule has 0 saturated heterocycles. The monoisotopic (exact) mass is 175 g/mol. The summed E-state index contributed by atoms with van der Waals surface area (Å²) in [4.78, 5) is 4.29. The molecule has 2 aromatic heterocycles. The van der Waals surface area contributed by atoms with E-state index in [0.29, 0.717) is 0 Å². The Hall–Kier alpha value is -1.35. The van der Waals surface area contributed by atoms with E-state index < -0.39 is 0 Å². The third-order valence-electron chi connectivity index (χ3n) is 2.22. The topological polar surface area (TPSA) is 43.3 Å². The molecule has 2 rings (SSSR count). The van der Waals surface area contributed by atoms with Crippen LogP contribution in [0.1, 0.15) is 24.4 Å². The number of aryl methyl sites for hydroxylation is 1. The van der Waals surface area contributed by atoms with E-state index in [2.05, 4.69) is 18.0 Å². The van der Waals surface area contributed by atoms with Gasteiger partial charge in [0.1, 0.15) is 5.82 Å². The van der Waals surface area contributed by atoms with E-state index in [9.17, 15) is 0 Å². The number of fused-ring (bicyclic) bond motifs is 1. The van der Waals surface area contributed by atoms with E-state index >= 15 is 0 Å². The first-order valence-electron chi connectivity index (χ1n) is 4.38. The molecule has 0 aromatic carbocycles. The highest BCUT2D eigenvalue weighted by Crippen LogP contribution is 2.14. The molecule has 0 aliphatic carbocycles. The maximum absolute atomic E-state index is 5.79. The third-order valence-corrected chi connectivity index (χ3v) is 2.22. The minimum atomic E-state index is -0.0238. The lowest BCUT2D eigenvalue weighted by Gasteiger charge is -2.04. The molecule has 2 aromatic rings. The molecule has 0 saturated carbocycles. The van der Waals surface area contributed by atoms with Gasteiger partial charge in [-0.3, -0.25) is 0 Å². The molecule has 1 atom stereocenters. The Labute approximate surface area is 77.2 Å². The number of rotatable bonds is 1. The fourth-order valence-corrected chi connectivity index (χ4v) is 1.52. The van der Waals surface area contributed by atoms with Crippen molar-refractivity contribution in [1.82, 2.24) is 9.38 Å².